The number of hydrogen-bond acceptors (Lipinski definition) is 4. The Morgan fingerprint density at radius 3 is 1.89 bits per heavy atom. The lowest BCUT2D eigenvalue weighted by Gasteiger charge is -2.10. The fraction of sp³-hybridized carbons (Fsp3) is 0.143. The fourth-order valence-corrected chi connectivity index (χ4v) is 2.77. The molecule has 1 aromatic heterocycles. The maximum atomic E-state index is 10.3. The lowest BCUT2D eigenvalue weighted by atomic mass is 10.0. The summed E-state index contributed by atoms with van der Waals surface area (Å²) in [6.07, 6.45) is 3.16. The quantitative estimate of drug-likeness (QED) is 0.685. The summed E-state index contributed by atoms with van der Waals surface area (Å²) in [4.78, 5) is 0. The van der Waals surface area contributed by atoms with E-state index in [0.29, 0.717) is 16.8 Å². The molecule has 2 aliphatic heterocycles. The van der Waals surface area contributed by atoms with E-state index in [1.165, 1.54) is 16.7 Å². The highest BCUT2D eigenvalue weighted by Crippen LogP contribution is 2.55. The van der Waals surface area contributed by atoms with Crippen molar-refractivity contribution >= 4 is 0 Å². The summed E-state index contributed by atoms with van der Waals surface area (Å²) >= 11 is 0. The van der Waals surface area contributed by atoms with Crippen LogP contribution in [0.25, 0.3) is 5.69 Å². The Hall–Kier alpha value is -2.40. The highest BCUT2D eigenvalue weighted by molar-refractivity contribution is 5.59. The number of rotatable bonds is 1. The van der Waals surface area contributed by atoms with Crippen LogP contribution in [0.2, 0.25) is 0 Å². The van der Waals surface area contributed by atoms with Gasteiger partial charge in [-0.2, -0.15) is 0 Å². The van der Waals surface area contributed by atoms with Crippen LogP contribution in [-0.2, 0) is 4.74 Å². The van der Waals surface area contributed by atoms with E-state index in [0.717, 1.165) is 0 Å². The average Bonchev–Trinajstić information content (AvgIpc) is 3.06. The summed E-state index contributed by atoms with van der Waals surface area (Å²) in [5.74, 6) is 0.0950. The van der Waals surface area contributed by atoms with Gasteiger partial charge in [0.2, 0.25) is 11.8 Å². The molecule has 0 radical (unpaired) electrons. The van der Waals surface area contributed by atoms with E-state index >= 15 is 0 Å². The monoisotopic (exact) mass is 257 g/mol. The standard InChI is InChI=1S/C14H11NO4/c16-8-3-1-7(2-4-8)15-13(17)11-9-5-6-10(19-9)12(11)14(15)18/h1-6,9-10,16-18H/t9-,10+. The van der Waals surface area contributed by atoms with Gasteiger partial charge in [0.25, 0.3) is 0 Å². The molecule has 2 aromatic rings. The van der Waals surface area contributed by atoms with Gasteiger partial charge < -0.3 is 20.1 Å². The van der Waals surface area contributed by atoms with Gasteiger partial charge in [0.1, 0.15) is 18.0 Å². The summed E-state index contributed by atoms with van der Waals surface area (Å²) < 4.78 is 6.93. The third-order valence-electron chi connectivity index (χ3n) is 3.63. The smallest absolute Gasteiger partial charge is 0.205 e. The van der Waals surface area contributed by atoms with Gasteiger partial charge in [-0.3, -0.25) is 4.57 Å². The predicted octanol–water partition coefficient (Wildman–Crippen LogP) is 2.28. The first kappa shape index (κ1) is 10.5. The molecule has 4 rings (SSSR count). The Morgan fingerprint density at radius 2 is 1.37 bits per heavy atom. The molecule has 0 aliphatic carbocycles. The number of hydrogen-bond donors (Lipinski definition) is 3. The van der Waals surface area contributed by atoms with Gasteiger partial charge in [0.15, 0.2) is 0 Å². The van der Waals surface area contributed by atoms with Gasteiger partial charge in [0, 0.05) is 0 Å². The number of ether oxygens (including phenoxy) is 1. The zero-order valence-electron chi connectivity index (χ0n) is 9.82. The van der Waals surface area contributed by atoms with Crippen molar-refractivity contribution in [2.24, 2.45) is 0 Å². The van der Waals surface area contributed by atoms with E-state index in [1.807, 2.05) is 12.2 Å². The van der Waals surface area contributed by atoms with E-state index in [9.17, 15) is 15.3 Å². The molecule has 0 saturated heterocycles. The van der Waals surface area contributed by atoms with E-state index in [1.54, 1.807) is 12.1 Å². The number of phenolic OH excluding ortho intramolecular Hbond substituents is 1. The van der Waals surface area contributed by atoms with Crippen molar-refractivity contribution in [2.45, 2.75) is 12.2 Å². The number of aromatic nitrogens is 1. The van der Waals surface area contributed by atoms with Gasteiger partial charge in [-0.15, -0.1) is 0 Å². The second kappa shape index (κ2) is 3.33. The number of aromatic hydroxyl groups is 3. The Morgan fingerprint density at radius 1 is 0.842 bits per heavy atom. The van der Waals surface area contributed by atoms with Crippen LogP contribution in [0, 0.1) is 0 Å². The highest BCUT2D eigenvalue weighted by atomic mass is 16.5. The molecule has 2 atom stereocenters. The van der Waals surface area contributed by atoms with Gasteiger partial charge in [-0.25, -0.2) is 0 Å². The first-order valence-electron chi connectivity index (χ1n) is 5.96. The lowest BCUT2D eigenvalue weighted by Crippen LogP contribution is -1.96. The normalized spacial score (nSPS) is 22.9. The molecular formula is C14H11NO4. The van der Waals surface area contributed by atoms with E-state index in [2.05, 4.69) is 0 Å². The van der Waals surface area contributed by atoms with Crippen molar-refractivity contribution in [3.05, 3.63) is 47.5 Å². The molecule has 2 bridgehead atoms. The minimum Gasteiger partial charge on any atom is -0.508 e. The van der Waals surface area contributed by atoms with Crippen molar-refractivity contribution in [2.75, 3.05) is 0 Å². The van der Waals surface area contributed by atoms with Crippen LogP contribution in [0.4, 0.5) is 0 Å². The summed E-state index contributed by atoms with van der Waals surface area (Å²) in [5, 5.41) is 29.9. The summed E-state index contributed by atoms with van der Waals surface area (Å²) in [6, 6.07) is 6.26. The third kappa shape index (κ3) is 1.22. The first-order chi connectivity index (χ1) is 9.16. The molecule has 0 spiro atoms. The maximum absolute atomic E-state index is 10.3. The minimum atomic E-state index is -0.288. The molecule has 1 aromatic carbocycles. The molecule has 5 nitrogen and oxygen atoms in total. The molecule has 0 fully saturated rings. The third-order valence-corrected chi connectivity index (χ3v) is 3.63. The summed E-state index contributed by atoms with van der Waals surface area (Å²) in [6.45, 7) is 0. The first-order valence-corrected chi connectivity index (χ1v) is 5.96. The molecule has 0 unspecified atom stereocenters. The van der Waals surface area contributed by atoms with Crippen LogP contribution in [0.5, 0.6) is 17.5 Å². The second-order valence-corrected chi connectivity index (χ2v) is 4.69. The van der Waals surface area contributed by atoms with E-state index in [-0.39, 0.29) is 29.7 Å². The molecule has 3 heterocycles. The molecule has 2 aliphatic rings. The largest absolute Gasteiger partial charge is 0.508 e. The van der Waals surface area contributed by atoms with Crippen LogP contribution in [0.15, 0.2) is 36.4 Å². The molecule has 0 amide bonds. The van der Waals surface area contributed by atoms with E-state index < -0.39 is 0 Å². The van der Waals surface area contributed by atoms with Crippen LogP contribution in [-0.4, -0.2) is 19.9 Å². The Labute approximate surface area is 108 Å². The lowest BCUT2D eigenvalue weighted by molar-refractivity contribution is 0.0842. The molecule has 0 saturated carbocycles. The van der Waals surface area contributed by atoms with Gasteiger partial charge in [-0.1, -0.05) is 12.2 Å². The SMILES string of the molecule is Oc1ccc(-n2c(O)c3c(c2O)[C@H]2C=C[C@@H]3O2)cc1. The minimum absolute atomic E-state index is 0.0185. The molecular weight excluding hydrogens is 246 g/mol. The van der Waals surface area contributed by atoms with Crippen molar-refractivity contribution in [3.8, 4) is 23.2 Å². The van der Waals surface area contributed by atoms with Crippen molar-refractivity contribution in [1.29, 1.82) is 0 Å². The Balaban J connectivity index is 1.94. The topological polar surface area (TPSA) is 74.9 Å². The number of benzene rings is 1. The maximum Gasteiger partial charge on any atom is 0.205 e. The molecule has 5 heteroatoms. The number of nitrogens with zero attached hydrogens (tertiary/aromatic N) is 1. The number of phenols is 1. The Kier molecular flexibility index (Phi) is 1.84. The molecule has 19 heavy (non-hydrogen) atoms. The van der Waals surface area contributed by atoms with Gasteiger partial charge >= 0.3 is 0 Å². The molecule has 96 valence electrons. The van der Waals surface area contributed by atoms with Crippen LogP contribution in [0.1, 0.15) is 23.3 Å². The van der Waals surface area contributed by atoms with Gasteiger partial charge in [0.05, 0.1) is 16.8 Å². The van der Waals surface area contributed by atoms with Crippen molar-refractivity contribution < 1.29 is 20.1 Å². The van der Waals surface area contributed by atoms with Crippen LogP contribution >= 0.6 is 0 Å². The van der Waals surface area contributed by atoms with Crippen molar-refractivity contribution in [1.82, 2.24) is 4.57 Å². The van der Waals surface area contributed by atoms with Crippen LogP contribution < -0.4 is 0 Å². The average molecular weight is 257 g/mol. The number of fused-ring (bicyclic) bond motifs is 5. The van der Waals surface area contributed by atoms with Crippen LogP contribution in [0.3, 0.4) is 0 Å². The fourth-order valence-electron chi connectivity index (χ4n) is 2.77. The zero-order chi connectivity index (χ0) is 13.1. The summed E-state index contributed by atoms with van der Waals surface area (Å²) in [5.41, 5.74) is 1.83. The molecule has 3 N–H and O–H groups in total. The predicted molar refractivity (Wildman–Crippen MR) is 66.5 cm³/mol. The van der Waals surface area contributed by atoms with Crippen molar-refractivity contribution in [3.63, 3.8) is 0 Å². The van der Waals surface area contributed by atoms with E-state index in [4.69, 9.17) is 4.74 Å². The zero-order valence-corrected chi connectivity index (χ0v) is 9.82. The highest BCUT2D eigenvalue weighted by Gasteiger charge is 2.42. The summed E-state index contributed by atoms with van der Waals surface area (Å²) in [7, 11) is 0. The Bertz CT molecular complexity index is 664. The second-order valence-electron chi connectivity index (χ2n) is 4.69. The van der Waals surface area contributed by atoms with Gasteiger partial charge in [-0.05, 0) is 24.3 Å².